The maximum atomic E-state index is 11.4. The van der Waals surface area contributed by atoms with Crippen LogP contribution < -0.4 is 5.32 Å². The van der Waals surface area contributed by atoms with Crippen LogP contribution in [0.1, 0.15) is 18.4 Å². The van der Waals surface area contributed by atoms with Crippen LogP contribution in [0.2, 0.25) is 0 Å². The Kier molecular flexibility index (Phi) is 3.02. The smallest absolute Gasteiger partial charge is 0.249 e. The summed E-state index contributed by atoms with van der Waals surface area (Å²) in [6, 6.07) is 9.69. The van der Waals surface area contributed by atoms with Crippen molar-refractivity contribution in [2.75, 3.05) is 0 Å². The van der Waals surface area contributed by atoms with Gasteiger partial charge in [0.2, 0.25) is 5.91 Å². The van der Waals surface area contributed by atoms with Crippen molar-refractivity contribution in [3.05, 3.63) is 35.9 Å². The molecule has 3 nitrogen and oxygen atoms in total. The quantitative estimate of drug-likeness (QED) is 0.772. The van der Waals surface area contributed by atoms with Crippen molar-refractivity contribution in [1.29, 1.82) is 0 Å². The van der Waals surface area contributed by atoms with E-state index in [9.17, 15) is 9.90 Å². The zero-order chi connectivity index (χ0) is 10.7. The fraction of sp³-hybridized carbons (Fsp3) is 0.417. The monoisotopic (exact) mass is 205 g/mol. The Labute approximate surface area is 89.1 Å². The van der Waals surface area contributed by atoms with Gasteiger partial charge in [0, 0.05) is 6.54 Å². The van der Waals surface area contributed by atoms with Crippen LogP contribution in [0.4, 0.5) is 0 Å². The first-order valence-electron chi connectivity index (χ1n) is 5.27. The van der Waals surface area contributed by atoms with E-state index >= 15 is 0 Å². The topological polar surface area (TPSA) is 49.3 Å². The number of nitrogens with one attached hydrogen (secondary N) is 1. The molecular formula is C12H15NO2. The van der Waals surface area contributed by atoms with Gasteiger partial charge >= 0.3 is 0 Å². The predicted octanol–water partition coefficient (Wildman–Crippen LogP) is 1.07. The molecule has 1 amide bonds. The molecule has 0 aromatic heterocycles. The second-order valence-corrected chi connectivity index (χ2v) is 3.99. The van der Waals surface area contributed by atoms with E-state index in [0.29, 0.717) is 6.54 Å². The van der Waals surface area contributed by atoms with E-state index in [1.165, 1.54) is 0 Å². The van der Waals surface area contributed by atoms with Crippen molar-refractivity contribution >= 4 is 5.91 Å². The lowest BCUT2D eigenvalue weighted by atomic mass is 10.2. The third-order valence-corrected chi connectivity index (χ3v) is 2.65. The van der Waals surface area contributed by atoms with Crippen LogP contribution in [0.25, 0.3) is 0 Å². The van der Waals surface area contributed by atoms with Crippen molar-refractivity contribution < 1.29 is 9.90 Å². The van der Waals surface area contributed by atoms with Crippen LogP contribution >= 0.6 is 0 Å². The molecule has 1 aliphatic carbocycles. The molecule has 0 bridgehead atoms. The van der Waals surface area contributed by atoms with Crippen LogP contribution in [0.5, 0.6) is 0 Å². The molecule has 1 atom stereocenters. The Bertz CT molecular complexity index is 333. The molecule has 2 rings (SSSR count). The number of hydrogen-bond donors (Lipinski definition) is 2. The van der Waals surface area contributed by atoms with Crippen molar-refractivity contribution in [2.45, 2.75) is 25.5 Å². The molecule has 80 valence electrons. The van der Waals surface area contributed by atoms with Gasteiger partial charge in [-0.2, -0.15) is 0 Å². The number of amides is 1. The van der Waals surface area contributed by atoms with Crippen LogP contribution in [-0.2, 0) is 11.3 Å². The summed E-state index contributed by atoms with van der Waals surface area (Å²) in [4.78, 5) is 11.4. The fourth-order valence-corrected chi connectivity index (χ4v) is 1.52. The van der Waals surface area contributed by atoms with E-state index in [1.807, 2.05) is 30.3 Å². The third-order valence-electron chi connectivity index (χ3n) is 2.65. The first kappa shape index (κ1) is 10.2. The first-order valence-corrected chi connectivity index (χ1v) is 5.27. The highest BCUT2D eigenvalue weighted by Gasteiger charge is 2.34. The SMILES string of the molecule is O=C(NCc1ccccc1)[C@H](O)C1CC1. The number of benzene rings is 1. The van der Waals surface area contributed by atoms with Gasteiger partial charge in [0.1, 0.15) is 6.10 Å². The molecule has 1 aromatic rings. The first-order chi connectivity index (χ1) is 7.27. The van der Waals surface area contributed by atoms with Crippen molar-refractivity contribution in [1.82, 2.24) is 5.32 Å². The van der Waals surface area contributed by atoms with E-state index in [4.69, 9.17) is 0 Å². The molecule has 0 unspecified atom stereocenters. The lowest BCUT2D eigenvalue weighted by Crippen LogP contribution is -2.35. The summed E-state index contributed by atoms with van der Waals surface area (Å²) >= 11 is 0. The van der Waals surface area contributed by atoms with E-state index in [0.717, 1.165) is 18.4 Å². The summed E-state index contributed by atoms with van der Waals surface area (Å²) < 4.78 is 0. The molecule has 0 aliphatic heterocycles. The second kappa shape index (κ2) is 4.45. The van der Waals surface area contributed by atoms with Gasteiger partial charge in [-0.3, -0.25) is 4.79 Å². The highest BCUT2D eigenvalue weighted by molar-refractivity contribution is 5.81. The molecule has 0 heterocycles. The van der Waals surface area contributed by atoms with E-state index in [2.05, 4.69) is 5.32 Å². The standard InChI is InChI=1S/C12H15NO2/c14-11(10-6-7-10)12(15)13-8-9-4-2-1-3-5-9/h1-5,10-11,14H,6-8H2,(H,13,15)/t11-/m1/s1. The average Bonchev–Trinajstić information content (AvgIpc) is 3.10. The van der Waals surface area contributed by atoms with Gasteiger partial charge in [0.25, 0.3) is 0 Å². The molecule has 0 spiro atoms. The summed E-state index contributed by atoms with van der Waals surface area (Å²) in [5, 5.41) is 12.3. The summed E-state index contributed by atoms with van der Waals surface area (Å²) in [5.74, 6) is -0.0536. The van der Waals surface area contributed by atoms with Crippen LogP contribution in [-0.4, -0.2) is 17.1 Å². The average molecular weight is 205 g/mol. The number of aliphatic hydroxyl groups is 1. The zero-order valence-electron chi connectivity index (χ0n) is 8.52. The van der Waals surface area contributed by atoms with Crippen LogP contribution in [0, 0.1) is 5.92 Å². The lowest BCUT2D eigenvalue weighted by Gasteiger charge is -2.09. The van der Waals surface area contributed by atoms with Gasteiger partial charge in [-0.1, -0.05) is 30.3 Å². The number of aliphatic hydroxyl groups excluding tert-OH is 1. The minimum atomic E-state index is -0.811. The number of carbonyl (C=O) groups excluding carboxylic acids is 1. The predicted molar refractivity (Wildman–Crippen MR) is 57.0 cm³/mol. The van der Waals surface area contributed by atoms with Crippen LogP contribution in [0.15, 0.2) is 30.3 Å². The molecule has 1 aliphatic rings. The molecule has 1 aromatic carbocycles. The van der Waals surface area contributed by atoms with Gasteiger partial charge in [-0.05, 0) is 24.3 Å². The summed E-state index contributed by atoms with van der Waals surface area (Å²) in [6.45, 7) is 0.490. The molecule has 3 heteroatoms. The molecule has 1 saturated carbocycles. The van der Waals surface area contributed by atoms with Gasteiger partial charge in [-0.25, -0.2) is 0 Å². The van der Waals surface area contributed by atoms with Gasteiger partial charge in [-0.15, -0.1) is 0 Å². The summed E-state index contributed by atoms with van der Waals surface area (Å²) in [7, 11) is 0. The van der Waals surface area contributed by atoms with Crippen molar-refractivity contribution in [2.24, 2.45) is 5.92 Å². The highest BCUT2D eigenvalue weighted by Crippen LogP contribution is 2.32. The fourth-order valence-electron chi connectivity index (χ4n) is 1.52. The number of hydrogen-bond acceptors (Lipinski definition) is 2. The molecule has 2 N–H and O–H groups in total. The zero-order valence-corrected chi connectivity index (χ0v) is 8.52. The highest BCUT2D eigenvalue weighted by atomic mass is 16.3. The Balaban J connectivity index is 1.80. The molecule has 15 heavy (non-hydrogen) atoms. The Morgan fingerprint density at radius 1 is 1.40 bits per heavy atom. The largest absolute Gasteiger partial charge is 0.383 e. The Morgan fingerprint density at radius 2 is 2.07 bits per heavy atom. The minimum absolute atomic E-state index is 0.195. The van der Waals surface area contributed by atoms with Gasteiger partial charge < -0.3 is 10.4 Å². The molecular weight excluding hydrogens is 190 g/mol. The van der Waals surface area contributed by atoms with Gasteiger partial charge in [0.15, 0.2) is 0 Å². The van der Waals surface area contributed by atoms with E-state index in [1.54, 1.807) is 0 Å². The maximum Gasteiger partial charge on any atom is 0.249 e. The van der Waals surface area contributed by atoms with Gasteiger partial charge in [0.05, 0.1) is 0 Å². The van der Waals surface area contributed by atoms with Crippen molar-refractivity contribution in [3.63, 3.8) is 0 Å². The molecule has 0 saturated heterocycles. The second-order valence-electron chi connectivity index (χ2n) is 3.99. The summed E-state index contributed by atoms with van der Waals surface area (Å²) in [6.07, 6.45) is 1.13. The van der Waals surface area contributed by atoms with E-state index in [-0.39, 0.29) is 11.8 Å². The number of rotatable bonds is 4. The van der Waals surface area contributed by atoms with Crippen LogP contribution in [0.3, 0.4) is 0 Å². The maximum absolute atomic E-state index is 11.4. The van der Waals surface area contributed by atoms with Crippen molar-refractivity contribution in [3.8, 4) is 0 Å². The van der Waals surface area contributed by atoms with E-state index < -0.39 is 6.10 Å². The molecule has 0 radical (unpaired) electrons. The number of carbonyl (C=O) groups is 1. The minimum Gasteiger partial charge on any atom is -0.383 e. The normalized spacial score (nSPS) is 17.1. The molecule has 1 fully saturated rings. The Hall–Kier alpha value is -1.35. The Morgan fingerprint density at radius 3 is 2.67 bits per heavy atom. The lowest BCUT2D eigenvalue weighted by molar-refractivity contribution is -0.130. The third kappa shape index (κ3) is 2.80. The summed E-state index contributed by atoms with van der Waals surface area (Å²) in [5.41, 5.74) is 1.05.